The van der Waals surface area contributed by atoms with Crippen molar-refractivity contribution >= 4 is 11.0 Å². The van der Waals surface area contributed by atoms with E-state index in [1.807, 2.05) is 30.3 Å². The summed E-state index contributed by atoms with van der Waals surface area (Å²) in [5.41, 5.74) is 3.19. The first-order valence-corrected chi connectivity index (χ1v) is 6.46. The molecule has 0 unspecified atom stereocenters. The van der Waals surface area contributed by atoms with Crippen LogP contribution >= 0.6 is 0 Å². The fraction of sp³-hybridized carbons (Fsp3) is 0. The Kier molecular flexibility index (Phi) is 2.57. The molecule has 0 bridgehead atoms. The Morgan fingerprint density at radius 3 is 2.48 bits per heavy atom. The zero-order valence-electron chi connectivity index (χ0n) is 10.9. The second-order valence-corrected chi connectivity index (χ2v) is 4.65. The summed E-state index contributed by atoms with van der Waals surface area (Å²) in [7, 11) is 0. The lowest BCUT2D eigenvalue weighted by molar-refractivity contribution is 0.582. The Morgan fingerprint density at radius 1 is 0.905 bits per heavy atom. The van der Waals surface area contributed by atoms with Crippen LogP contribution in [0.3, 0.4) is 0 Å². The van der Waals surface area contributed by atoms with Crippen molar-refractivity contribution in [2.24, 2.45) is 0 Å². The van der Waals surface area contributed by atoms with E-state index in [0.29, 0.717) is 5.69 Å². The first-order chi connectivity index (χ1) is 10.3. The number of fused-ring (bicyclic) bond motifs is 1. The summed E-state index contributed by atoms with van der Waals surface area (Å²) < 4.78 is 18.3. The number of rotatable bonds is 2. The molecule has 4 nitrogen and oxygen atoms in total. The summed E-state index contributed by atoms with van der Waals surface area (Å²) in [5, 5.41) is 8.81. The van der Waals surface area contributed by atoms with Crippen molar-refractivity contribution in [2.45, 2.75) is 0 Å². The lowest BCUT2D eigenvalue weighted by atomic mass is 10.1. The molecule has 0 spiro atoms. The zero-order chi connectivity index (χ0) is 14.2. The minimum atomic E-state index is -0.282. The maximum absolute atomic E-state index is 13.0. The molecule has 0 saturated carbocycles. The molecule has 4 aromatic rings. The summed E-state index contributed by atoms with van der Waals surface area (Å²) in [5.74, 6) is 0.504. The Labute approximate surface area is 119 Å². The Bertz CT molecular complexity index is 895. The van der Waals surface area contributed by atoms with E-state index in [-0.39, 0.29) is 5.82 Å². The second-order valence-electron chi connectivity index (χ2n) is 4.65. The molecule has 5 heteroatoms. The van der Waals surface area contributed by atoms with Gasteiger partial charge in [0, 0.05) is 5.56 Å². The number of benzene rings is 2. The maximum Gasteiger partial charge on any atom is 0.133 e. The SMILES string of the molecule is Fc1ccc(-n2nc3ccc(-c4ccco4)cc3n2)cc1. The third kappa shape index (κ3) is 2.08. The number of nitrogens with zero attached hydrogens (tertiary/aromatic N) is 3. The van der Waals surface area contributed by atoms with Gasteiger partial charge in [-0.1, -0.05) is 0 Å². The minimum Gasteiger partial charge on any atom is -0.464 e. The van der Waals surface area contributed by atoms with E-state index in [2.05, 4.69) is 10.2 Å². The topological polar surface area (TPSA) is 43.9 Å². The number of halogens is 1. The summed E-state index contributed by atoms with van der Waals surface area (Å²) in [6, 6.07) is 15.5. The van der Waals surface area contributed by atoms with Crippen LogP contribution < -0.4 is 0 Å². The monoisotopic (exact) mass is 279 g/mol. The quantitative estimate of drug-likeness (QED) is 0.560. The highest BCUT2D eigenvalue weighted by molar-refractivity contribution is 5.80. The minimum absolute atomic E-state index is 0.282. The van der Waals surface area contributed by atoms with Gasteiger partial charge in [0.25, 0.3) is 0 Å². The molecule has 0 aliphatic carbocycles. The summed E-state index contributed by atoms with van der Waals surface area (Å²) in [6.07, 6.45) is 1.63. The zero-order valence-corrected chi connectivity index (χ0v) is 10.9. The molecule has 0 aliphatic rings. The van der Waals surface area contributed by atoms with Crippen molar-refractivity contribution in [3.63, 3.8) is 0 Å². The largest absolute Gasteiger partial charge is 0.464 e. The Hall–Kier alpha value is -2.95. The van der Waals surface area contributed by atoms with Gasteiger partial charge in [0.05, 0.1) is 12.0 Å². The van der Waals surface area contributed by atoms with E-state index in [0.717, 1.165) is 22.4 Å². The highest BCUT2D eigenvalue weighted by Gasteiger charge is 2.08. The third-order valence-electron chi connectivity index (χ3n) is 3.24. The van der Waals surface area contributed by atoms with Crippen molar-refractivity contribution in [1.82, 2.24) is 15.0 Å². The van der Waals surface area contributed by atoms with E-state index in [4.69, 9.17) is 4.42 Å². The molecular weight excluding hydrogens is 269 g/mol. The number of hydrogen-bond donors (Lipinski definition) is 0. The van der Waals surface area contributed by atoms with E-state index >= 15 is 0 Å². The second kappa shape index (κ2) is 4.56. The van der Waals surface area contributed by atoms with Crippen molar-refractivity contribution < 1.29 is 8.81 Å². The van der Waals surface area contributed by atoms with Crippen LogP contribution in [0.5, 0.6) is 0 Å². The van der Waals surface area contributed by atoms with Crippen molar-refractivity contribution in [1.29, 1.82) is 0 Å². The maximum atomic E-state index is 13.0. The molecule has 0 aliphatic heterocycles. The highest BCUT2D eigenvalue weighted by atomic mass is 19.1. The molecule has 2 aromatic carbocycles. The van der Waals surface area contributed by atoms with Crippen LogP contribution in [-0.4, -0.2) is 15.0 Å². The molecule has 0 saturated heterocycles. The van der Waals surface area contributed by atoms with Gasteiger partial charge in [0.2, 0.25) is 0 Å². The molecule has 4 rings (SSSR count). The van der Waals surface area contributed by atoms with Gasteiger partial charge < -0.3 is 4.42 Å². The first-order valence-electron chi connectivity index (χ1n) is 6.46. The molecule has 2 aromatic heterocycles. The van der Waals surface area contributed by atoms with Gasteiger partial charge in [0.15, 0.2) is 0 Å². The molecule has 2 heterocycles. The van der Waals surface area contributed by atoms with Gasteiger partial charge in [-0.15, -0.1) is 10.2 Å². The van der Waals surface area contributed by atoms with E-state index in [9.17, 15) is 4.39 Å². The standard InChI is InChI=1S/C16H10FN3O/c17-12-4-6-13(7-5-12)20-18-14-8-3-11(10-15(14)19-20)16-2-1-9-21-16/h1-10H. The van der Waals surface area contributed by atoms with E-state index in [1.54, 1.807) is 18.4 Å². The number of aromatic nitrogens is 3. The summed E-state index contributed by atoms with van der Waals surface area (Å²) >= 11 is 0. The molecule has 102 valence electrons. The smallest absolute Gasteiger partial charge is 0.133 e. The Balaban J connectivity index is 1.81. The molecule has 0 atom stereocenters. The van der Waals surface area contributed by atoms with Gasteiger partial charge >= 0.3 is 0 Å². The van der Waals surface area contributed by atoms with Gasteiger partial charge in [-0.2, -0.15) is 4.80 Å². The van der Waals surface area contributed by atoms with Crippen LogP contribution in [0.4, 0.5) is 4.39 Å². The molecule has 0 fully saturated rings. The molecule has 21 heavy (non-hydrogen) atoms. The lowest BCUT2D eigenvalue weighted by Gasteiger charge is -1.97. The van der Waals surface area contributed by atoms with E-state index < -0.39 is 0 Å². The predicted molar refractivity (Wildman–Crippen MR) is 76.5 cm³/mol. The van der Waals surface area contributed by atoms with Crippen LogP contribution in [0.1, 0.15) is 0 Å². The van der Waals surface area contributed by atoms with Gasteiger partial charge in [0.1, 0.15) is 22.6 Å². The molecule has 0 amide bonds. The summed E-state index contributed by atoms with van der Waals surface area (Å²) in [6.45, 7) is 0. The average molecular weight is 279 g/mol. The van der Waals surface area contributed by atoms with Gasteiger partial charge in [-0.25, -0.2) is 4.39 Å². The van der Waals surface area contributed by atoms with Gasteiger partial charge in [-0.3, -0.25) is 0 Å². The van der Waals surface area contributed by atoms with Crippen LogP contribution in [0, 0.1) is 5.82 Å². The number of hydrogen-bond acceptors (Lipinski definition) is 3. The van der Waals surface area contributed by atoms with E-state index in [1.165, 1.54) is 16.9 Å². The Morgan fingerprint density at radius 2 is 1.71 bits per heavy atom. The van der Waals surface area contributed by atoms with Crippen LogP contribution in [0.15, 0.2) is 65.3 Å². The fourth-order valence-corrected chi connectivity index (χ4v) is 2.20. The molecule has 0 N–H and O–H groups in total. The van der Waals surface area contributed by atoms with Crippen LogP contribution in [0.25, 0.3) is 28.0 Å². The lowest BCUT2D eigenvalue weighted by Crippen LogP contribution is -1.97. The first kappa shape index (κ1) is 11.8. The van der Waals surface area contributed by atoms with Crippen molar-refractivity contribution in [3.8, 4) is 17.0 Å². The predicted octanol–water partition coefficient (Wildman–Crippen LogP) is 3.82. The highest BCUT2D eigenvalue weighted by Crippen LogP contribution is 2.23. The van der Waals surface area contributed by atoms with Gasteiger partial charge in [-0.05, 0) is 54.6 Å². The van der Waals surface area contributed by atoms with Crippen LogP contribution in [-0.2, 0) is 0 Å². The van der Waals surface area contributed by atoms with Crippen LogP contribution in [0.2, 0.25) is 0 Å². The average Bonchev–Trinajstić information content (AvgIpc) is 3.16. The van der Waals surface area contributed by atoms with Crippen molar-refractivity contribution in [3.05, 3.63) is 66.7 Å². The van der Waals surface area contributed by atoms with Crippen molar-refractivity contribution in [2.75, 3.05) is 0 Å². The molecule has 0 radical (unpaired) electrons. The normalized spacial score (nSPS) is 11.1. The molecular formula is C16H10FN3O. The number of furan rings is 1. The fourth-order valence-electron chi connectivity index (χ4n) is 2.20. The summed E-state index contributed by atoms with van der Waals surface area (Å²) in [4.78, 5) is 1.50. The third-order valence-corrected chi connectivity index (χ3v) is 3.24.